The van der Waals surface area contributed by atoms with Crippen LogP contribution in [-0.2, 0) is 0 Å². The fourth-order valence-corrected chi connectivity index (χ4v) is 2.81. The van der Waals surface area contributed by atoms with Crippen LogP contribution >= 0.6 is 0 Å². The maximum Gasteiger partial charge on any atom is 0.324 e. The molecule has 0 aliphatic rings. The summed E-state index contributed by atoms with van der Waals surface area (Å²) in [6.07, 6.45) is 4.02. The van der Waals surface area contributed by atoms with Gasteiger partial charge in [0.25, 0.3) is 11.4 Å². The van der Waals surface area contributed by atoms with Crippen LogP contribution in [0.25, 0.3) is 16.9 Å². The lowest BCUT2D eigenvalue weighted by Gasteiger charge is -1.99. The predicted molar refractivity (Wildman–Crippen MR) is 115 cm³/mol. The van der Waals surface area contributed by atoms with Gasteiger partial charge in [-0.05, 0) is 36.4 Å². The number of nitrogens with zero attached hydrogens (tertiary/aromatic N) is 5. The van der Waals surface area contributed by atoms with Gasteiger partial charge in [0, 0.05) is 18.0 Å². The maximum absolute atomic E-state index is 10.4. The fourth-order valence-electron chi connectivity index (χ4n) is 2.81. The average Bonchev–Trinajstić information content (AvgIpc) is 3.23. The smallest absolute Gasteiger partial charge is 0.324 e. The molecule has 168 valence electrons. The average molecular weight is 453 g/mol. The third kappa shape index (κ3) is 4.99. The lowest BCUT2D eigenvalue weighted by atomic mass is 10.2. The summed E-state index contributed by atoms with van der Waals surface area (Å²) in [5, 5.41) is 40.2. The summed E-state index contributed by atoms with van der Waals surface area (Å²) in [6, 6.07) is 14.8. The van der Waals surface area contributed by atoms with E-state index >= 15 is 0 Å². The highest BCUT2D eigenvalue weighted by Gasteiger charge is 2.30. The molecule has 2 heterocycles. The Labute approximate surface area is 184 Å². The molecule has 13 heteroatoms. The second-order valence-electron chi connectivity index (χ2n) is 6.42. The Kier molecular flexibility index (Phi) is 6.43. The number of fused-ring (bicyclic) bond motifs is 1. The first-order valence-electron chi connectivity index (χ1n) is 9.09. The van der Waals surface area contributed by atoms with Crippen molar-refractivity contribution in [2.45, 2.75) is 0 Å². The van der Waals surface area contributed by atoms with Gasteiger partial charge in [0.15, 0.2) is 0 Å². The number of aromatic nitrogens is 2. The van der Waals surface area contributed by atoms with E-state index in [-0.39, 0.29) is 0 Å². The van der Waals surface area contributed by atoms with Crippen molar-refractivity contribution in [1.29, 1.82) is 0 Å². The molecule has 0 atom stereocenters. The van der Waals surface area contributed by atoms with Gasteiger partial charge in [0.05, 0.1) is 39.7 Å². The summed E-state index contributed by atoms with van der Waals surface area (Å²) in [7, 11) is 1.67. The van der Waals surface area contributed by atoms with E-state index in [9.17, 15) is 30.3 Å². The van der Waals surface area contributed by atoms with Crippen molar-refractivity contribution in [1.82, 2.24) is 9.38 Å². The molecule has 4 rings (SSSR count). The first-order valence-corrected chi connectivity index (χ1v) is 9.09. The molecule has 4 aromatic rings. The van der Waals surface area contributed by atoms with Gasteiger partial charge < -0.3 is 14.2 Å². The molecule has 0 radical (unpaired) electrons. The molecule has 0 fully saturated rings. The Bertz CT molecular complexity index is 1280. The lowest BCUT2D eigenvalue weighted by Crippen LogP contribution is -1.97. The number of rotatable bonds is 5. The van der Waals surface area contributed by atoms with Gasteiger partial charge in [-0.25, -0.2) is 4.98 Å². The van der Waals surface area contributed by atoms with Crippen molar-refractivity contribution in [2.24, 2.45) is 0 Å². The van der Waals surface area contributed by atoms with E-state index in [1.54, 1.807) is 7.11 Å². The minimum atomic E-state index is -1.21. The zero-order valence-corrected chi connectivity index (χ0v) is 16.9. The van der Waals surface area contributed by atoms with E-state index in [1.807, 2.05) is 59.3 Å². The standard InChI is InChI=1S/C14H12N2O.C6H3N3O7/c1-17-12-7-5-11(6-8-12)13-10-16-9-3-2-4-14(16)15-13;10-6-4(8(13)14)1-3(7(11)12)2-5(6)9(15)16/h2-10H,1H3;1-2,10H. The van der Waals surface area contributed by atoms with Crippen LogP contribution < -0.4 is 4.74 Å². The molecule has 0 unspecified atom stereocenters. The Morgan fingerprint density at radius 1 is 0.909 bits per heavy atom. The monoisotopic (exact) mass is 453 g/mol. The third-order valence-corrected chi connectivity index (χ3v) is 4.41. The molecule has 0 aliphatic carbocycles. The van der Waals surface area contributed by atoms with Gasteiger partial charge in [0.2, 0.25) is 0 Å². The minimum absolute atomic E-state index is 0.447. The number of aromatic hydroxyl groups is 1. The molecule has 0 aliphatic heterocycles. The zero-order valence-electron chi connectivity index (χ0n) is 16.9. The van der Waals surface area contributed by atoms with Crippen LogP contribution in [0.5, 0.6) is 11.5 Å². The summed E-state index contributed by atoms with van der Waals surface area (Å²) >= 11 is 0. The fraction of sp³-hybridized carbons (Fsp3) is 0.0500. The Morgan fingerprint density at radius 3 is 2.00 bits per heavy atom. The summed E-state index contributed by atoms with van der Waals surface area (Å²) in [4.78, 5) is 32.3. The van der Waals surface area contributed by atoms with E-state index < -0.39 is 37.6 Å². The number of hydrogen-bond donors (Lipinski definition) is 1. The van der Waals surface area contributed by atoms with Gasteiger partial charge in [-0.15, -0.1) is 0 Å². The predicted octanol–water partition coefficient (Wildman–Crippen LogP) is 4.13. The maximum atomic E-state index is 10.4. The second kappa shape index (κ2) is 9.38. The number of pyridine rings is 1. The van der Waals surface area contributed by atoms with Crippen molar-refractivity contribution in [3.63, 3.8) is 0 Å². The number of phenols is 1. The van der Waals surface area contributed by atoms with E-state index in [0.29, 0.717) is 12.1 Å². The van der Waals surface area contributed by atoms with Crippen molar-refractivity contribution in [2.75, 3.05) is 7.11 Å². The number of imidazole rings is 1. The van der Waals surface area contributed by atoms with E-state index in [1.165, 1.54) is 0 Å². The van der Waals surface area contributed by atoms with Crippen LogP contribution in [0.2, 0.25) is 0 Å². The minimum Gasteiger partial charge on any atom is -0.497 e. The van der Waals surface area contributed by atoms with E-state index in [0.717, 1.165) is 22.7 Å². The van der Waals surface area contributed by atoms with Gasteiger partial charge in [-0.2, -0.15) is 0 Å². The van der Waals surface area contributed by atoms with Gasteiger partial charge >= 0.3 is 11.4 Å². The molecule has 13 nitrogen and oxygen atoms in total. The summed E-state index contributed by atoms with van der Waals surface area (Å²) in [6.45, 7) is 0. The van der Waals surface area contributed by atoms with Crippen LogP contribution in [-0.4, -0.2) is 36.4 Å². The third-order valence-electron chi connectivity index (χ3n) is 4.41. The van der Waals surface area contributed by atoms with Crippen molar-refractivity contribution >= 4 is 22.7 Å². The van der Waals surface area contributed by atoms with Gasteiger partial charge in [-0.1, -0.05) is 6.07 Å². The lowest BCUT2D eigenvalue weighted by molar-refractivity contribution is -0.404. The highest BCUT2D eigenvalue weighted by molar-refractivity contribution is 5.65. The highest BCUT2D eigenvalue weighted by atomic mass is 16.6. The first-order chi connectivity index (χ1) is 15.7. The van der Waals surface area contributed by atoms with Crippen LogP contribution in [0, 0.1) is 30.3 Å². The molecule has 0 saturated carbocycles. The van der Waals surface area contributed by atoms with Crippen molar-refractivity contribution in [3.05, 3.63) is 97.3 Å². The van der Waals surface area contributed by atoms with Crippen LogP contribution in [0.1, 0.15) is 0 Å². The number of hydrogen-bond acceptors (Lipinski definition) is 9. The summed E-state index contributed by atoms with van der Waals surface area (Å²) in [5.41, 5.74) is 0.0182. The molecule has 0 saturated heterocycles. The number of phenolic OH excluding ortho intramolecular Hbond substituents is 1. The highest BCUT2D eigenvalue weighted by Crippen LogP contribution is 2.38. The van der Waals surface area contributed by atoms with E-state index in [4.69, 9.17) is 9.84 Å². The number of non-ortho nitro benzene ring substituents is 1. The normalized spacial score (nSPS) is 10.2. The molecule has 1 N–H and O–H groups in total. The number of nitro benzene ring substituents is 3. The van der Waals surface area contributed by atoms with Crippen LogP contribution in [0.3, 0.4) is 0 Å². The summed E-state index contributed by atoms with van der Waals surface area (Å²) in [5.74, 6) is -0.349. The summed E-state index contributed by atoms with van der Waals surface area (Å²) < 4.78 is 7.15. The molecule has 2 aromatic carbocycles. The molecule has 0 bridgehead atoms. The largest absolute Gasteiger partial charge is 0.497 e. The Hall–Kier alpha value is -5.07. The number of ether oxygens (including phenoxy) is 1. The second-order valence-corrected chi connectivity index (χ2v) is 6.42. The molecule has 0 spiro atoms. The van der Waals surface area contributed by atoms with Gasteiger partial charge in [-0.3, -0.25) is 30.3 Å². The Morgan fingerprint density at radius 2 is 1.52 bits per heavy atom. The molecule has 33 heavy (non-hydrogen) atoms. The van der Waals surface area contributed by atoms with Crippen molar-refractivity contribution in [3.8, 4) is 22.8 Å². The molecular weight excluding hydrogens is 438 g/mol. The van der Waals surface area contributed by atoms with Crippen molar-refractivity contribution < 1.29 is 24.6 Å². The quantitative estimate of drug-likeness (QED) is 0.344. The SMILES string of the molecule is COc1ccc(-c2cn3ccccc3n2)cc1.O=[N+]([O-])c1cc([N+](=O)[O-])c(O)c([N+](=O)[O-])c1. The molecule has 2 aromatic heterocycles. The Balaban J connectivity index is 0.000000186. The topological polar surface area (TPSA) is 176 Å². The number of benzene rings is 2. The van der Waals surface area contributed by atoms with Crippen LogP contribution in [0.15, 0.2) is 67.0 Å². The molecular formula is C20H15N5O8. The zero-order chi connectivity index (χ0) is 24.1. The first kappa shape index (κ1) is 22.6. The van der Waals surface area contributed by atoms with Crippen LogP contribution in [0.4, 0.5) is 17.1 Å². The number of methoxy groups -OCH3 is 1. The van der Waals surface area contributed by atoms with Gasteiger partial charge in [0.1, 0.15) is 11.4 Å². The number of nitro groups is 3. The molecule has 0 amide bonds. The van der Waals surface area contributed by atoms with E-state index in [2.05, 4.69) is 4.98 Å².